The number of nitriles is 1. The molecule has 0 unspecified atom stereocenters. The van der Waals surface area contributed by atoms with E-state index in [1.807, 2.05) is 18.2 Å². The van der Waals surface area contributed by atoms with Crippen molar-refractivity contribution in [2.45, 2.75) is 12.8 Å². The Hall–Kier alpha value is -2.15. The van der Waals surface area contributed by atoms with E-state index in [2.05, 4.69) is 16.0 Å². The maximum Gasteiger partial charge on any atom is 0.121 e. The zero-order valence-corrected chi connectivity index (χ0v) is 8.76. The van der Waals surface area contributed by atoms with Gasteiger partial charge in [0, 0.05) is 24.9 Å². The topological polar surface area (TPSA) is 58.8 Å². The molecule has 2 aromatic rings. The molecule has 80 valence electrons. The highest BCUT2D eigenvalue weighted by molar-refractivity contribution is 5.75. The van der Waals surface area contributed by atoms with Gasteiger partial charge in [-0.25, -0.2) is 0 Å². The van der Waals surface area contributed by atoms with Crippen LogP contribution in [0.5, 0.6) is 5.75 Å². The van der Waals surface area contributed by atoms with E-state index in [1.165, 1.54) is 0 Å². The summed E-state index contributed by atoms with van der Waals surface area (Å²) < 4.78 is 5.50. The number of aromatic nitrogens is 2. The molecule has 4 heteroatoms. The first-order chi connectivity index (χ1) is 7.90. The van der Waals surface area contributed by atoms with Crippen LogP contribution in [0.25, 0.3) is 11.0 Å². The largest absolute Gasteiger partial charge is 0.493 e. The van der Waals surface area contributed by atoms with E-state index in [-0.39, 0.29) is 0 Å². The van der Waals surface area contributed by atoms with Crippen molar-refractivity contribution < 1.29 is 4.74 Å². The summed E-state index contributed by atoms with van der Waals surface area (Å²) in [6.07, 6.45) is 4.58. The Bertz CT molecular complexity index is 519. The first-order valence-electron chi connectivity index (χ1n) is 5.10. The molecule has 0 spiro atoms. The number of nitrogens with zero attached hydrogens (tertiary/aromatic N) is 3. The van der Waals surface area contributed by atoms with Gasteiger partial charge in [0.2, 0.25) is 0 Å². The van der Waals surface area contributed by atoms with Gasteiger partial charge in [-0.15, -0.1) is 0 Å². The van der Waals surface area contributed by atoms with Gasteiger partial charge in [0.05, 0.1) is 23.7 Å². The third-order valence-electron chi connectivity index (χ3n) is 2.14. The highest BCUT2D eigenvalue weighted by Gasteiger charge is 1.98. The Kier molecular flexibility index (Phi) is 3.29. The second-order valence-electron chi connectivity index (χ2n) is 3.32. The fourth-order valence-corrected chi connectivity index (χ4v) is 1.37. The minimum absolute atomic E-state index is 0.521. The molecule has 0 aliphatic rings. The lowest BCUT2D eigenvalue weighted by Crippen LogP contribution is -1.96. The van der Waals surface area contributed by atoms with Crippen LogP contribution < -0.4 is 4.74 Å². The Morgan fingerprint density at radius 2 is 2.00 bits per heavy atom. The Morgan fingerprint density at radius 1 is 1.19 bits per heavy atom. The Labute approximate surface area is 93.5 Å². The van der Waals surface area contributed by atoms with Crippen molar-refractivity contribution in [1.29, 1.82) is 5.26 Å². The molecular formula is C12H11N3O. The van der Waals surface area contributed by atoms with Crippen molar-refractivity contribution >= 4 is 11.0 Å². The molecule has 1 aromatic carbocycles. The number of unbranched alkanes of at least 4 members (excludes halogenated alkanes) is 1. The summed E-state index contributed by atoms with van der Waals surface area (Å²) in [5.74, 6) is 0.769. The van der Waals surface area contributed by atoms with Crippen LogP contribution >= 0.6 is 0 Å². The van der Waals surface area contributed by atoms with Crippen LogP contribution in [0.1, 0.15) is 12.8 Å². The zero-order valence-electron chi connectivity index (χ0n) is 8.76. The van der Waals surface area contributed by atoms with Gasteiger partial charge < -0.3 is 4.74 Å². The maximum absolute atomic E-state index is 8.38. The van der Waals surface area contributed by atoms with Gasteiger partial charge >= 0.3 is 0 Å². The fraction of sp³-hybridized carbons (Fsp3) is 0.250. The van der Waals surface area contributed by atoms with Crippen LogP contribution in [0.2, 0.25) is 0 Å². The molecule has 0 amide bonds. The smallest absolute Gasteiger partial charge is 0.121 e. The molecule has 0 aliphatic heterocycles. The lowest BCUT2D eigenvalue weighted by Gasteiger charge is -2.04. The van der Waals surface area contributed by atoms with E-state index in [4.69, 9.17) is 10.00 Å². The van der Waals surface area contributed by atoms with Gasteiger partial charge in [0.15, 0.2) is 0 Å². The van der Waals surface area contributed by atoms with E-state index in [0.29, 0.717) is 13.0 Å². The van der Waals surface area contributed by atoms with Gasteiger partial charge in [0.25, 0.3) is 0 Å². The lowest BCUT2D eigenvalue weighted by atomic mass is 10.3. The molecule has 0 radical (unpaired) electrons. The van der Waals surface area contributed by atoms with E-state index in [1.54, 1.807) is 12.4 Å². The van der Waals surface area contributed by atoms with Crippen molar-refractivity contribution in [3.63, 3.8) is 0 Å². The average molecular weight is 213 g/mol. The van der Waals surface area contributed by atoms with E-state index in [9.17, 15) is 0 Å². The highest BCUT2D eigenvalue weighted by Crippen LogP contribution is 2.17. The van der Waals surface area contributed by atoms with Crippen molar-refractivity contribution in [3.05, 3.63) is 30.6 Å². The first kappa shape index (κ1) is 10.4. The SMILES string of the molecule is N#CCCCOc1ccc2nccnc2c1. The molecular weight excluding hydrogens is 202 g/mol. The average Bonchev–Trinajstić information content (AvgIpc) is 2.34. The maximum atomic E-state index is 8.38. The predicted octanol–water partition coefficient (Wildman–Crippen LogP) is 2.31. The minimum Gasteiger partial charge on any atom is -0.493 e. The number of rotatable bonds is 4. The molecule has 0 N–H and O–H groups in total. The summed E-state index contributed by atoms with van der Waals surface area (Å²) in [5, 5.41) is 8.38. The summed E-state index contributed by atoms with van der Waals surface area (Å²) in [5.41, 5.74) is 1.67. The molecule has 0 atom stereocenters. The summed E-state index contributed by atoms with van der Waals surface area (Å²) in [6.45, 7) is 0.555. The second-order valence-corrected chi connectivity index (χ2v) is 3.32. The van der Waals surface area contributed by atoms with Crippen LogP contribution in [0.4, 0.5) is 0 Å². The van der Waals surface area contributed by atoms with Gasteiger partial charge in [-0.05, 0) is 18.6 Å². The molecule has 16 heavy (non-hydrogen) atoms. The number of hydrogen-bond donors (Lipinski definition) is 0. The zero-order chi connectivity index (χ0) is 11.2. The van der Waals surface area contributed by atoms with Crippen molar-refractivity contribution in [1.82, 2.24) is 9.97 Å². The summed E-state index contributed by atoms with van der Waals surface area (Å²) in [7, 11) is 0. The molecule has 1 heterocycles. The highest BCUT2D eigenvalue weighted by atomic mass is 16.5. The van der Waals surface area contributed by atoms with Gasteiger partial charge in [0.1, 0.15) is 5.75 Å². The molecule has 0 bridgehead atoms. The first-order valence-corrected chi connectivity index (χ1v) is 5.10. The van der Waals surface area contributed by atoms with Gasteiger partial charge in [-0.3, -0.25) is 9.97 Å². The monoisotopic (exact) mass is 213 g/mol. The molecule has 0 saturated heterocycles. The van der Waals surface area contributed by atoms with Crippen LogP contribution in [-0.4, -0.2) is 16.6 Å². The summed E-state index contributed by atoms with van der Waals surface area (Å²) >= 11 is 0. The molecule has 2 rings (SSSR count). The Balaban J connectivity index is 2.05. The molecule has 1 aromatic heterocycles. The lowest BCUT2D eigenvalue weighted by molar-refractivity contribution is 0.313. The molecule has 0 fully saturated rings. The quantitative estimate of drug-likeness (QED) is 0.731. The molecule has 0 aliphatic carbocycles. The number of hydrogen-bond acceptors (Lipinski definition) is 4. The number of ether oxygens (including phenoxy) is 1. The molecule has 0 saturated carbocycles. The van der Waals surface area contributed by atoms with Crippen LogP contribution in [0, 0.1) is 11.3 Å². The van der Waals surface area contributed by atoms with Crippen LogP contribution in [0.15, 0.2) is 30.6 Å². The normalized spacial score (nSPS) is 9.94. The van der Waals surface area contributed by atoms with Crippen molar-refractivity contribution in [2.75, 3.05) is 6.61 Å². The summed E-state index contributed by atoms with van der Waals surface area (Å²) in [4.78, 5) is 8.36. The Morgan fingerprint density at radius 3 is 2.81 bits per heavy atom. The van der Waals surface area contributed by atoms with E-state index >= 15 is 0 Å². The number of benzene rings is 1. The van der Waals surface area contributed by atoms with Crippen molar-refractivity contribution in [2.24, 2.45) is 0 Å². The minimum atomic E-state index is 0.521. The fourth-order valence-electron chi connectivity index (χ4n) is 1.37. The standard InChI is InChI=1S/C12H11N3O/c13-5-1-2-8-16-10-3-4-11-12(9-10)15-7-6-14-11/h3-4,6-7,9H,1-2,8H2. The number of fused-ring (bicyclic) bond motifs is 1. The van der Waals surface area contributed by atoms with E-state index in [0.717, 1.165) is 23.2 Å². The third-order valence-corrected chi connectivity index (χ3v) is 2.14. The van der Waals surface area contributed by atoms with Gasteiger partial charge in [-0.1, -0.05) is 0 Å². The second kappa shape index (κ2) is 5.08. The van der Waals surface area contributed by atoms with Crippen LogP contribution in [0.3, 0.4) is 0 Å². The predicted molar refractivity (Wildman–Crippen MR) is 59.9 cm³/mol. The molecule has 4 nitrogen and oxygen atoms in total. The van der Waals surface area contributed by atoms with Crippen molar-refractivity contribution in [3.8, 4) is 11.8 Å². The third kappa shape index (κ3) is 2.45. The van der Waals surface area contributed by atoms with E-state index < -0.39 is 0 Å². The van der Waals surface area contributed by atoms with Crippen LogP contribution in [-0.2, 0) is 0 Å². The summed E-state index contributed by atoms with van der Waals surface area (Å²) in [6, 6.07) is 7.68. The van der Waals surface area contributed by atoms with Gasteiger partial charge in [-0.2, -0.15) is 5.26 Å².